The van der Waals surface area contributed by atoms with Crippen molar-refractivity contribution in [1.29, 1.82) is 0 Å². The Morgan fingerprint density at radius 2 is 1.70 bits per heavy atom. The third-order valence-electron chi connectivity index (χ3n) is 3.61. The van der Waals surface area contributed by atoms with Crippen molar-refractivity contribution in [3.63, 3.8) is 0 Å². The molecule has 0 unspecified atom stereocenters. The molecule has 2 heterocycles. The average Bonchev–Trinajstić information content (AvgIpc) is 3.08. The van der Waals surface area contributed by atoms with E-state index in [9.17, 15) is 0 Å². The molecule has 0 N–H and O–H groups in total. The Bertz CT molecular complexity index is 884. The van der Waals surface area contributed by atoms with Crippen molar-refractivity contribution < 1.29 is 0 Å². The summed E-state index contributed by atoms with van der Waals surface area (Å²) in [7, 11) is 0. The Kier molecular flexibility index (Phi) is 2.83. The predicted octanol–water partition coefficient (Wildman–Crippen LogP) is 5.57. The van der Waals surface area contributed by atoms with Gasteiger partial charge in [-0.05, 0) is 48.0 Å². The van der Waals surface area contributed by atoms with E-state index in [4.69, 9.17) is 0 Å². The summed E-state index contributed by atoms with van der Waals surface area (Å²) < 4.78 is 3.72. The normalized spacial score (nSPS) is 11.4. The van der Waals surface area contributed by atoms with Gasteiger partial charge in [0.2, 0.25) is 0 Å². The first-order valence-electron chi connectivity index (χ1n) is 6.49. The molecule has 0 radical (unpaired) electrons. The minimum absolute atomic E-state index is 1.23. The van der Waals surface area contributed by atoms with E-state index in [2.05, 4.69) is 70.8 Å². The minimum Gasteiger partial charge on any atom is -0.308 e. The molecular weight excluding hydrogens is 282 g/mol. The second-order valence-electron chi connectivity index (χ2n) is 4.69. The second-order valence-corrected chi connectivity index (χ2v) is 6.48. The first-order chi connectivity index (χ1) is 9.88. The van der Waals surface area contributed by atoms with E-state index in [0.717, 1.165) is 0 Å². The zero-order valence-electron chi connectivity index (χ0n) is 11.0. The molecule has 3 heteroatoms. The zero-order valence-corrected chi connectivity index (χ0v) is 12.7. The van der Waals surface area contributed by atoms with Gasteiger partial charge in [0.05, 0.1) is 15.7 Å². The van der Waals surface area contributed by atoms with Gasteiger partial charge in [-0.1, -0.05) is 18.2 Å². The molecule has 0 saturated carbocycles. The number of para-hydroxylation sites is 1. The van der Waals surface area contributed by atoms with Gasteiger partial charge in [-0.25, -0.2) is 0 Å². The first kappa shape index (κ1) is 12.1. The number of benzene rings is 2. The Hall–Kier alpha value is -1.71. The van der Waals surface area contributed by atoms with E-state index in [1.54, 1.807) is 11.8 Å². The molecule has 2 aromatic heterocycles. The number of nitrogens with zero attached hydrogens (tertiary/aromatic N) is 1. The molecule has 1 nitrogen and oxygen atoms in total. The highest BCUT2D eigenvalue weighted by Gasteiger charge is 2.12. The number of fused-ring (bicyclic) bond motifs is 3. The maximum absolute atomic E-state index is 2.35. The smallest absolute Gasteiger partial charge is 0.0648 e. The van der Waals surface area contributed by atoms with Crippen LogP contribution in [0.15, 0.2) is 64.9 Å². The summed E-state index contributed by atoms with van der Waals surface area (Å²) in [5.41, 5.74) is 3.81. The highest BCUT2D eigenvalue weighted by molar-refractivity contribution is 7.98. The number of hydrogen-bond acceptors (Lipinski definition) is 2. The topological polar surface area (TPSA) is 4.93 Å². The summed E-state index contributed by atoms with van der Waals surface area (Å²) in [6.45, 7) is 0. The molecule has 0 spiro atoms. The maximum Gasteiger partial charge on any atom is 0.0648 e. The third kappa shape index (κ3) is 1.70. The van der Waals surface area contributed by atoms with E-state index in [-0.39, 0.29) is 0 Å². The van der Waals surface area contributed by atoms with Crippen LogP contribution in [0.2, 0.25) is 0 Å². The van der Waals surface area contributed by atoms with Crippen LogP contribution in [0, 0.1) is 0 Å². The van der Waals surface area contributed by atoms with Gasteiger partial charge in [0, 0.05) is 16.0 Å². The van der Waals surface area contributed by atoms with Crippen molar-refractivity contribution in [2.24, 2.45) is 0 Å². The second kappa shape index (κ2) is 4.69. The Morgan fingerprint density at radius 3 is 2.50 bits per heavy atom. The highest BCUT2D eigenvalue weighted by atomic mass is 32.2. The lowest BCUT2D eigenvalue weighted by Crippen LogP contribution is -1.92. The quantitative estimate of drug-likeness (QED) is 0.438. The number of thiophene rings is 1. The average molecular weight is 295 g/mol. The molecule has 98 valence electrons. The molecule has 0 atom stereocenters. The van der Waals surface area contributed by atoms with E-state index in [1.165, 1.54) is 31.7 Å². The largest absolute Gasteiger partial charge is 0.308 e. The van der Waals surface area contributed by atoms with Gasteiger partial charge in [0.25, 0.3) is 0 Å². The summed E-state index contributed by atoms with van der Waals surface area (Å²) in [5.74, 6) is 0. The first-order valence-corrected chi connectivity index (χ1v) is 8.60. The highest BCUT2D eigenvalue weighted by Crippen LogP contribution is 2.35. The van der Waals surface area contributed by atoms with Crippen molar-refractivity contribution in [3.8, 4) is 5.69 Å². The van der Waals surface area contributed by atoms with Gasteiger partial charge in [-0.15, -0.1) is 23.1 Å². The van der Waals surface area contributed by atoms with Crippen LogP contribution in [0.3, 0.4) is 0 Å². The van der Waals surface area contributed by atoms with Crippen molar-refractivity contribution in [1.82, 2.24) is 4.57 Å². The van der Waals surface area contributed by atoms with E-state index in [0.29, 0.717) is 0 Å². The minimum atomic E-state index is 1.23. The van der Waals surface area contributed by atoms with Crippen LogP contribution in [0.1, 0.15) is 0 Å². The molecule has 0 aliphatic rings. The number of thioether (sulfide) groups is 1. The van der Waals surface area contributed by atoms with Gasteiger partial charge in [0.1, 0.15) is 0 Å². The van der Waals surface area contributed by atoms with Crippen LogP contribution in [-0.2, 0) is 0 Å². The van der Waals surface area contributed by atoms with E-state index in [1.807, 2.05) is 11.3 Å². The summed E-state index contributed by atoms with van der Waals surface area (Å²) in [6, 6.07) is 19.6. The molecule has 0 saturated heterocycles. The van der Waals surface area contributed by atoms with E-state index < -0.39 is 0 Å². The molecule has 0 bridgehead atoms. The lowest BCUT2D eigenvalue weighted by Gasteiger charge is -2.07. The third-order valence-corrected chi connectivity index (χ3v) is 5.29. The number of rotatable bonds is 2. The predicted molar refractivity (Wildman–Crippen MR) is 90.4 cm³/mol. The summed E-state index contributed by atoms with van der Waals surface area (Å²) >= 11 is 3.59. The molecule has 20 heavy (non-hydrogen) atoms. The molecule has 4 rings (SSSR count). The lowest BCUT2D eigenvalue weighted by molar-refractivity contribution is 1.17. The molecule has 4 aromatic rings. The van der Waals surface area contributed by atoms with Gasteiger partial charge in [-0.3, -0.25) is 0 Å². The van der Waals surface area contributed by atoms with Crippen LogP contribution in [0.25, 0.3) is 26.8 Å². The molecule has 0 amide bonds. The maximum atomic E-state index is 2.35. The van der Waals surface area contributed by atoms with Crippen molar-refractivity contribution in [3.05, 3.63) is 60.0 Å². The van der Waals surface area contributed by atoms with Gasteiger partial charge in [0.15, 0.2) is 0 Å². The van der Waals surface area contributed by atoms with E-state index >= 15 is 0 Å². The van der Waals surface area contributed by atoms with Gasteiger partial charge >= 0.3 is 0 Å². The molecule has 0 aliphatic heterocycles. The Balaban J connectivity index is 2.06. The van der Waals surface area contributed by atoms with Crippen LogP contribution in [0.5, 0.6) is 0 Å². The molecule has 2 aromatic carbocycles. The lowest BCUT2D eigenvalue weighted by atomic mass is 10.2. The fourth-order valence-corrected chi connectivity index (χ4v) is 4.00. The van der Waals surface area contributed by atoms with Crippen molar-refractivity contribution >= 4 is 44.2 Å². The van der Waals surface area contributed by atoms with Crippen molar-refractivity contribution in [2.75, 3.05) is 6.26 Å². The standard InChI is InChI=1S/C17H13NS2/c1-19-13-8-6-12(7-9-13)18-15-5-3-2-4-14(15)17-16(18)10-11-20-17/h2-11H,1H3. The number of hydrogen-bond donors (Lipinski definition) is 0. The summed E-state index contributed by atoms with van der Waals surface area (Å²) in [5, 5.41) is 3.51. The molecular formula is C17H13NS2. The SMILES string of the molecule is CSc1ccc(-n2c3ccccc3c3sccc32)cc1. The van der Waals surface area contributed by atoms with Gasteiger partial charge < -0.3 is 4.57 Å². The van der Waals surface area contributed by atoms with Crippen LogP contribution < -0.4 is 0 Å². The fraction of sp³-hybridized carbons (Fsp3) is 0.0588. The fourth-order valence-electron chi connectivity index (χ4n) is 2.68. The van der Waals surface area contributed by atoms with Crippen LogP contribution >= 0.6 is 23.1 Å². The van der Waals surface area contributed by atoms with Gasteiger partial charge in [-0.2, -0.15) is 0 Å². The van der Waals surface area contributed by atoms with Crippen LogP contribution in [0.4, 0.5) is 0 Å². The Labute approximate surface area is 125 Å². The Morgan fingerprint density at radius 1 is 0.900 bits per heavy atom. The molecule has 0 fully saturated rings. The zero-order chi connectivity index (χ0) is 13.5. The van der Waals surface area contributed by atoms with Crippen molar-refractivity contribution in [2.45, 2.75) is 4.90 Å². The van der Waals surface area contributed by atoms with Crippen LogP contribution in [-0.4, -0.2) is 10.8 Å². The summed E-state index contributed by atoms with van der Waals surface area (Å²) in [4.78, 5) is 1.30. The number of aromatic nitrogens is 1. The molecule has 0 aliphatic carbocycles. The monoisotopic (exact) mass is 295 g/mol. The summed E-state index contributed by atoms with van der Waals surface area (Å²) in [6.07, 6.45) is 2.11.